The molecule has 0 atom stereocenters. The molecule has 0 unspecified atom stereocenters. The molecule has 2 aromatic carbocycles. The fourth-order valence-corrected chi connectivity index (χ4v) is 3.96. The summed E-state index contributed by atoms with van der Waals surface area (Å²) in [5.41, 5.74) is 7.77. The minimum atomic E-state index is -0.493. The Balaban J connectivity index is 1.54. The van der Waals surface area contributed by atoms with Crippen LogP contribution in [0, 0.1) is 0 Å². The maximum absolute atomic E-state index is 12.3. The Morgan fingerprint density at radius 3 is 2.65 bits per heavy atom. The molecule has 0 bridgehead atoms. The van der Waals surface area contributed by atoms with Gasteiger partial charge in [-0.3, -0.25) is 9.69 Å². The fraction of sp³-hybridized carbons (Fsp3) is 0.304. The van der Waals surface area contributed by atoms with E-state index in [9.17, 15) is 4.79 Å². The number of rotatable bonds is 5. The number of H-pyrrole nitrogens is 1. The molecule has 0 spiro atoms. The highest BCUT2D eigenvalue weighted by molar-refractivity contribution is 6.35. The molecule has 1 fully saturated rings. The molecule has 0 saturated carbocycles. The number of aliphatic imine (C=N–C) groups is 1. The van der Waals surface area contributed by atoms with Crippen molar-refractivity contribution < 1.29 is 9.53 Å². The van der Waals surface area contributed by atoms with E-state index in [4.69, 9.17) is 22.1 Å². The van der Waals surface area contributed by atoms with Gasteiger partial charge in [0.2, 0.25) is 0 Å². The van der Waals surface area contributed by atoms with Crippen molar-refractivity contribution in [2.24, 2.45) is 10.7 Å². The van der Waals surface area contributed by atoms with Crippen LogP contribution in [0.5, 0.6) is 11.5 Å². The summed E-state index contributed by atoms with van der Waals surface area (Å²) >= 11 is 6.33. The van der Waals surface area contributed by atoms with E-state index in [1.807, 2.05) is 12.1 Å². The number of carbonyl (C=O) groups is 1. The topological polar surface area (TPSA) is 95.7 Å². The van der Waals surface area contributed by atoms with E-state index < -0.39 is 5.91 Å². The number of aromatic nitrogens is 1. The smallest absolute Gasteiger partial charge is 0.296 e. The monoisotopic (exact) mass is 439 g/mol. The molecule has 8 heteroatoms. The summed E-state index contributed by atoms with van der Waals surface area (Å²) in [5, 5.41) is 3.82. The number of nitrogens with zero attached hydrogens (tertiary/aromatic N) is 2. The third-order valence-electron chi connectivity index (χ3n) is 5.42. The Hall–Kier alpha value is -3.03. The molecule has 31 heavy (non-hydrogen) atoms. The molecule has 2 heterocycles. The highest BCUT2D eigenvalue weighted by atomic mass is 35.5. The van der Waals surface area contributed by atoms with Crippen molar-refractivity contribution in [1.29, 1.82) is 0 Å². The number of benzene rings is 2. The number of amides is 1. The van der Waals surface area contributed by atoms with Crippen molar-refractivity contribution in [3.8, 4) is 11.5 Å². The first-order valence-corrected chi connectivity index (χ1v) is 10.8. The molecule has 1 amide bonds. The van der Waals surface area contributed by atoms with Crippen molar-refractivity contribution in [2.75, 3.05) is 20.1 Å². The van der Waals surface area contributed by atoms with E-state index in [-0.39, 0.29) is 11.7 Å². The number of guanidine groups is 1. The van der Waals surface area contributed by atoms with Gasteiger partial charge in [0.25, 0.3) is 5.91 Å². The van der Waals surface area contributed by atoms with Gasteiger partial charge >= 0.3 is 0 Å². The van der Waals surface area contributed by atoms with E-state index in [0.717, 1.165) is 6.54 Å². The van der Waals surface area contributed by atoms with Crippen LogP contribution in [0.3, 0.4) is 0 Å². The van der Waals surface area contributed by atoms with E-state index in [1.54, 1.807) is 25.2 Å². The molecule has 0 aliphatic carbocycles. The van der Waals surface area contributed by atoms with E-state index in [0.29, 0.717) is 27.4 Å². The lowest BCUT2D eigenvalue weighted by molar-refractivity contribution is 0.0998. The zero-order valence-corrected chi connectivity index (χ0v) is 18.2. The molecular weight excluding hydrogens is 414 g/mol. The number of carbonyl (C=O) groups excluding carboxylic acids is 1. The highest BCUT2D eigenvalue weighted by Crippen LogP contribution is 2.34. The number of aromatic amines is 1. The second-order valence-electron chi connectivity index (χ2n) is 7.65. The summed E-state index contributed by atoms with van der Waals surface area (Å²) in [6, 6.07) is 13.3. The van der Waals surface area contributed by atoms with Crippen LogP contribution >= 0.6 is 11.6 Å². The Morgan fingerprint density at radius 2 is 1.94 bits per heavy atom. The average molecular weight is 440 g/mol. The van der Waals surface area contributed by atoms with Gasteiger partial charge < -0.3 is 20.8 Å². The molecule has 1 aliphatic rings. The van der Waals surface area contributed by atoms with Crippen LogP contribution < -0.4 is 15.8 Å². The van der Waals surface area contributed by atoms with Gasteiger partial charge in [0.15, 0.2) is 11.7 Å². The molecule has 1 aliphatic heterocycles. The van der Waals surface area contributed by atoms with E-state index in [2.05, 4.69) is 32.3 Å². The molecule has 3 aromatic rings. The summed E-state index contributed by atoms with van der Waals surface area (Å²) in [6.07, 6.45) is 3.89. The number of nitrogens with two attached hydrogens (primary N) is 1. The molecule has 1 aromatic heterocycles. The maximum atomic E-state index is 12.3. The van der Waals surface area contributed by atoms with Gasteiger partial charge in [-0.25, -0.2) is 0 Å². The zero-order valence-electron chi connectivity index (χ0n) is 17.5. The van der Waals surface area contributed by atoms with Crippen LogP contribution in [-0.2, 0) is 6.54 Å². The lowest BCUT2D eigenvalue weighted by atomic mass is 10.1. The van der Waals surface area contributed by atoms with Crippen LogP contribution in [0.15, 0.2) is 47.5 Å². The van der Waals surface area contributed by atoms with Gasteiger partial charge in [-0.05, 0) is 61.8 Å². The van der Waals surface area contributed by atoms with Crippen molar-refractivity contribution in [2.45, 2.75) is 25.8 Å². The van der Waals surface area contributed by atoms with Gasteiger partial charge in [0, 0.05) is 19.0 Å². The Labute approximate surface area is 186 Å². The SMILES string of the molecule is CNC(N)=NC(=O)c1cc2c(Cl)ccc(Oc3ccc(CN4CCCCC4)cc3)c2[nH]1. The average Bonchev–Trinajstić information content (AvgIpc) is 3.24. The van der Waals surface area contributed by atoms with Crippen LogP contribution in [0.1, 0.15) is 35.3 Å². The first kappa shape index (κ1) is 21.2. The second-order valence-corrected chi connectivity index (χ2v) is 8.06. The number of likely N-dealkylation sites (tertiary alicyclic amines) is 1. The summed E-state index contributed by atoms with van der Waals surface area (Å²) < 4.78 is 6.10. The number of fused-ring (bicyclic) bond motifs is 1. The number of piperidine rings is 1. The standard InChI is InChI=1S/C23H26ClN5O2/c1-26-23(25)28-22(30)19-13-17-18(24)9-10-20(21(17)27-19)31-16-7-5-15(6-8-16)14-29-11-3-2-4-12-29/h5-10,13,27H,2-4,11-12,14H2,1H3,(H3,25,26,28,30). The number of ether oxygens (including phenoxy) is 1. The molecule has 0 radical (unpaired) electrons. The lowest BCUT2D eigenvalue weighted by Crippen LogP contribution is -2.28. The van der Waals surface area contributed by atoms with Crippen LogP contribution in [-0.4, -0.2) is 41.9 Å². The van der Waals surface area contributed by atoms with Gasteiger partial charge in [0.05, 0.1) is 10.5 Å². The van der Waals surface area contributed by atoms with Gasteiger partial charge in [0.1, 0.15) is 11.4 Å². The first-order valence-electron chi connectivity index (χ1n) is 10.4. The van der Waals surface area contributed by atoms with Crippen LogP contribution in [0.25, 0.3) is 10.9 Å². The molecule has 1 saturated heterocycles. The Morgan fingerprint density at radius 1 is 1.19 bits per heavy atom. The highest BCUT2D eigenvalue weighted by Gasteiger charge is 2.15. The van der Waals surface area contributed by atoms with Crippen molar-refractivity contribution in [3.05, 3.63) is 58.7 Å². The minimum absolute atomic E-state index is 0.0378. The summed E-state index contributed by atoms with van der Waals surface area (Å²) in [7, 11) is 1.60. The number of hydrogen-bond acceptors (Lipinski definition) is 3. The molecular formula is C23H26ClN5O2. The van der Waals surface area contributed by atoms with E-state index >= 15 is 0 Å². The lowest BCUT2D eigenvalue weighted by Gasteiger charge is -2.26. The number of halogens is 1. The Bertz CT molecular complexity index is 1100. The van der Waals surface area contributed by atoms with Gasteiger partial charge in [-0.1, -0.05) is 30.2 Å². The number of nitrogens with one attached hydrogen (secondary N) is 2. The molecule has 4 N–H and O–H groups in total. The van der Waals surface area contributed by atoms with Crippen molar-refractivity contribution in [1.82, 2.24) is 15.2 Å². The largest absolute Gasteiger partial charge is 0.455 e. The third kappa shape index (κ3) is 5.00. The van der Waals surface area contributed by atoms with Gasteiger partial charge in [-0.15, -0.1) is 0 Å². The van der Waals surface area contributed by atoms with Crippen LogP contribution in [0.2, 0.25) is 5.02 Å². The fourth-order valence-electron chi connectivity index (χ4n) is 3.75. The predicted octanol–water partition coefficient (Wildman–Crippen LogP) is 4.27. The summed E-state index contributed by atoms with van der Waals surface area (Å²) in [6.45, 7) is 3.29. The molecule has 4 rings (SSSR count). The summed E-state index contributed by atoms with van der Waals surface area (Å²) in [5.74, 6) is 0.835. The minimum Gasteiger partial charge on any atom is -0.455 e. The second kappa shape index (κ2) is 9.41. The maximum Gasteiger partial charge on any atom is 0.296 e. The normalized spacial score (nSPS) is 15.2. The number of hydrogen-bond donors (Lipinski definition) is 3. The Kier molecular flexibility index (Phi) is 6.44. The van der Waals surface area contributed by atoms with Crippen LogP contribution in [0.4, 0.5) is 0 Å². The first-order chi connectivity index (χ1) is 15.0. The third-order valence-corrected chi connectivity index (χ3v) is 5.75. The van der Waals surface area contributed by atoms with Crippen molar-refractivity contribution in [3.63, 3.8) is 0 Å². The predicted molar refractivity (Wildman–Crippen MR) is 124 cm³/mol. The van der Waals surface area contributed by atoms with E-state index in [1.165, 1.54) is 37.9 Å². The zero-order chi connectivity index (χ0) is 21.8. The quantitative estimate of drug-likeness (QED) is 0.407. The molecule has 162 valence electrons. The summed E-state index contributed by atoms with van der Waals surface area (Å²) in [4.78, 5) is 21.7. The van der Waals surface area contributed by atoms with Gasteiger partial charge in [-0.2, -0.15) is 4.99 Å². The van der Waals surface area contributed by atoms with Crippen molar-refractivity contribution >= 4 is 34.4 Å². The molecule has 7 nitrogen and oxygen atoms in total.